The molecule has 2 aliphatic rings. The number of rotatable bonds is 5. The number of aryl methyl sites for hydroxylation is 1. The molecule has 0 radical (unpaired) electrons. The predicted octanol–water partition coefficient (Wildman–Crippen LogP) is 3.72. The molecule has 3 aromatic rings. The molecular weight excluding hydrogens is 390 g/mol. The van der Waals surface area contributed by atoms with E-state index in [0.717, 1.165) is 35.3 Å². The molecule has 3 atom stereocenters. The average molecular weight is 418 g/mol. The van der Waals surface area contributed by atoms with Crippen molar-refractivity contribution in [2.75, 3.05) is 20.8 Å². The number of nitrogens with zero attached hydrogens (tertiary/aromatic N) is 3. The summed E-state index contributed by atoms with van der Waals surface area (Å²) in [5.74, 6) is 1.94. The third kappa shape index (κ3) is 3.46. The van der Waals surface area contributed by atoms with Crippen LogP contribution in [0.1, 0.15) is 40.6 Å². The van der Waals surface area contributed by atoms with Gasteiger partial charge in [0.2, 0.25) is 5.91 Å². The first-order valence-electron chi connectivity index (χ1n) is 10.7. The molecule has 1 aromatic heterocycles. The van der Waals surface area contributed by atoms with Gasteiger partial charge in [-0.1, -0.05) is 30.3 Å². The highest BCUT2D eigenvalue weighted by Crippen LogP contribution is 2.50. The number of benzene rings is 2. The minimum Gasteiger partial charge on any atom is -0.493 e. The zero-order valence-corrected chi connectivity index (χ0v) is 18.1. The van der Waals surface area contributed by atoms with Crippen LogP contribution in [0, 0.1) is 5.92 Å². The molecule has 0 unspecified atom stereocenters. The Kier molecular flexibility index (Phi) is 4.93. The number of methoxy groups -OCH3 is 2. The summed E-state index contributed by atoms with van der Waals surface area (Å²) in [4.78, 5) is 15.7. The maximum atomic E-state index is 13.7. The lowest BCUT2D eigenvalue weighted by Crippen LogP contribution is -2.41. The molecule has 2 heterocycles. The van der Waals surface area contributed by atoms with Crippen molar-refractivity contribution in [3.63, 3.8) is 0 Å². The van der Waals surface area contributed by atoms with Crippen molar-refractivity contribution in [1.82, 2.24) is 14.7 Å². The van der Waals surface area contributed by atoms with Gasteiger partial charge in [0.05, 0.1) is 26.5 Å². The SMILES string of the molecule is COc1cc2c(cc1OC)[C@H](c1ccccc1)N(C(=O)[C@H]1C[C@@H]1c1cnn(C)c1)CC2. The second-order valence-electron chi connectivity index (χ2n) is 8.40. The Labute approximate surface area is 182 Å². The van der Waals surface area contributed by atoms with Crippen LogP contribution in [-0.4, -0.2) is 41.4 Å². The van der Waals surface area contributed by atoms with Gasteiger partial charge in [-0.05, 0) is 53.1 Å². The number of ether oxygens (including phenoxy) is 2. The van der Waals surface area contributed by atoms with Crippen molar-refractivity contribution in [2.45, 2.75) is 24.8 Å². The quantitative estimate of drug-likeness (QED) is 0.635. The number of hydrogen-bond acceptors (Lipinski definition) is 4. The second-order valence-corrected chi connectivity index (χ2v) is 8.40. The Hall–Kier alpha value is -3.28. The molecule has 1 aliphatic heterocycles. The fourth-order valence-electron chi connectivity index (χ4n) is 4.86. The number of fused-ring (bicyclic) bond motifs is 1. The van der Waals surface area contributed by atoms with E-state index in [1.54, 1.807) is 18.9 Å². The third-order valence-electron chi connectivity index (χ3n) is 6.53. The highest BCUT2D eigenvalue weighted by molar-refractivity contribution is 5.84. The van der Waals surface area contributed by atoms with Crippen molar-refractivity contribution < 1.29 is 14.3 Å². The Morgan fingerprint density at radius 3 is 2.48 bits per heavy atom. The van der Waals surface area contributed by atoms with Crippen molar-refractivity contribution in [2.24, 2.45) is 13.0 Å². The van der Waals surface area contributed by atoms with E-state index in [9.17, 15) is 4.79 Å². The number of aromatic nitrogens is 2. The van der Waals surface area contributed by atoms with E-state index in [1.807, 2.05) is 43.7 Å². The molecule has 0 bridgehead atoms. The number of amides is 1. The van der Waals surface area contributed by atoms with Crippen LogP contribution in [0.2, 0.25) is 0 Å². The van der Waals surface area contributed by atoms with Crippen LogP contribution in [0.5, 0.6) is 11.5 Å². The van der Waals surface area contributed by atoms with Crippen molar-refractivity contribution >= 4 is 5.91 Å². The Balaban J connectivity index is 1.51. The van der Waals surface area contributed by atoms with Gasteiger partial charge in [-0.2, -0.15) is 5.10 Å². The maximum Gasteiger partial charge on any atom is 0.227 e. The van der Waals surface area contributed by atoms with Crippen LogP contribution in [0.25, 0.3) is 0 Å². The van der Waals surface area contributed by atoms with Gasteiger partial charge in [0, 0.05) is 25.7 Å². The van der Waals surface area contributed by atoms with E-state index in [4.69, 9.17) is 9.47 Å². The zero-order chi connectivity index (χ0) is 21.5. The summed E-state index contributed by atoms with van der Waals surface area (Å²) >= 11 is 0. The Bertz CT molecular complexity index is 1110. The standard InChI is InChI=1S/C25H27N3O3/c1-27-15-18(14-26-27)19-12-21(19)25(29)28-10-9-17-11-22(30-2)23(31-3)13-20(17)24(28)16-7-5-4-6-8-16/h4-8,11,13-15,19,21,24H,9-10,12H2,1-3H3/t19-,21+,24+/m1/s1. The van der Waals surface area contributed by atoms with E-state index in [2.05, 4.69) is 28.2 Å². The van der Waals surface area contributed by atoms with Crippen molar-refractivity contribution in [3.05, 3.63) is 77.1 Å². The topological polar surface area (TPSA) is 56.6 Å². The van der Waals surface area contributed by atoms with Crippen molar-refractivity contribution in [3.8, 4) is 11.5 Å². The molecule has 1 fully saturated rings. The molecule has 1 amide bonds. The summed E-state index contributed by atoms with van der Waals surface area (Å²) in [7, 11) is 5.22. The molecule has 1 saturated carbocycles. The van der Waals surface area contributed by atoms with E-state index in [1.165, 1.54) is 5.56 Å². The number of carbonyl (C=O) groups is 1. The summed E-state index contributed by atoms with van der Waals surface area (Å²) in [6.07, 6.45) is 5.60. The van der Waals surface area contributed by atoms with E-state index in [0.29, 0.717) is 12.3 Å². The van der Waals surface area contributed by atoms with Crippen LogP contribution in [-0.2, 0) is 18.3 Å². The third-order valence-corrected chi connectivity index (χ3v) is 6.53. The lowest BCUT2D eigenvalue weighted by Gasteiger charge is -2.38. The van der Waals surface area contributed by atoms with Gasteiger partial charge >= 0.3 is 0 Å². The number of carbonyl (C=O) groups excluding carboxylic acids is 1. The van der Waals surface area contributed by atoms with E-state index < -0.39 is 0 Å². The maximum absolute atomic E-state index is 13.7. The minimum atomic E-state index is -0.132. The van der Waals surface area contributed by atoms with Gasteiger partial charge < -0.3 is 14.4 Å². The summed E-state index contributed by atoms with van der Waals surface area (Å²) in [6.45, 7) is 0.692. The van der Waals surface area contributed by atoms with Gasteiger partial charge in [0.1, 0.15) is 0 Å². The van der Waals surface area contributed by atoms with E-state index >= 15 is 0 Å². The molecule has 0 N–H and O–H groups in total. The smallest absolute Gasteiger partial charge is 0.227 e. The van der Waals surface area contributed by atoms with Crippen LogP contribution in [0.15, 0.2) is 54.9 Å². The molecule has 1 aliphatic carbocycles. The summed E-state index contributed by atoms with van der Waals surface area (Å²) < 4.78 is 12.9. The summed E-state index contributed by atoms with van der Waals surface area (Å²) in [5, 5.41) is 4.28. The highest BCUT2D eigenvalue weighted by Gasteiger charge is 2.48. The Morgan fingerprint density at radius 2 is 1.81 bits per heavy atom. The molecule has 0 spiro atoms. The van der Waals surface area contributed by atoms with Gasteiger partial charge in [-0.15, -0.1) is 0 Å². The lowest BCUT2D eigenvalue weighted by atomic mass is 9.87. The molecule has 2 aromatic carbocycles. The van der Waals surface area contributed by atoms with Gasteiger partial charge in [0.15, 0.2) is 11.5 Å². The van der Waals surface area contributed by atoms with Gasteiger partial charge in [0.25, 0.3) is 0 Å². The molecule has 6 nitrogen and oxygen atoms in total. The van der Waals surface area contributed by atoms with Crippen LogP contribution in [0.4, 0.5) is 0 Å². The van der Waals surface area contributed by atoms with Gasteiger partial charge in [-0.25, -0.2) is 0 Å². The molecule has 160 valence electrons. The lowest BCUT2D eigenvalue weighted by molar-refractivity contribution is -0.134. The second kappa shape index (κ2) is 7.76. The van der Waals surface area contributed by atoms with Crippen molar-refractivity contribution in [1.29, 1.82) is 0 Å². The van der Waals surface area contributed by atoms with Gasteiger partial charge in [-0.3, -0.25) is 9.48 Å². The zero-order valence-electron chi connectivity index (χ0n) is 18.1. The largest absolute Gasteiger partial charge is 0.493 e. The normalized spacial score (nSPS) is 22.0. The molecule has 6 heteroatoms. The highest BCUT2D eigenvalue weighted by atomic mass is 16.5. The first-order valence-corrected chi connectivity index (χ1v) is 10.7. The fourth-order valence-corrected chi connectivity index (χ4v) is 4.86. The number of hydrogen-bond donors (Lipinski definition) is 0. The monoisotopic (exact) mass is 417 g/mol. The van der Waals surface area contributed by atoms with Crippen LogP contribution in [0.3, 0.4) is 0 Å². The van der Waals surface area contributed by atoms with Crippen LogP contribution >= 0.6 is 0 Å². The molecular formula is C25H27N3O3. The summed E-state index contributed by atoms with van der Waals surface area (Å²) in [5.41, 5.74) is 4.58. The first kappa shape index (κ1) is 19.7. The summed E-state index contributed by atoms with van der Waals surface area (Å²) in [6, 6.07) is 14.2. The average Bonchev–Trinajstić information content (AvgIpc) is 3.50. The molecule has 0 saturated heterocycles. The Morgan fingerprint density at radius 1 is 1.06 bits per heavy atom. The minimum absolute atomic E-state index is 0.0251. The van der Waals surface area contributed by atoms with E-state index in [-0.39, 0.29) is 23.8 Å². The first-order chi connectivity index (χ1) is 15.1. The predicted molar refractivity (Wildman–Crippen MR) is 117 cm³/mol. The molecule has 31 heavy (non-hydrogen) atoms. The molecule has 5 rings (SSSR count). The fraction of sp³-hybridized carbons (Fsp3) is 0.360. The van der Waals surface area contributed by atoms with Crippen LogP contribution < -0.4 is 9.47 Å².